The van der Waals surface area contributed by atoms with Gasteiger partial charge in [0.1, 0.15) is 22.3 Å². The van der Waals surface area contributed by atoms with Crippen molar-refractivity contribution in [2.75, 3.05) is 13.7 Å². The van der Waals surface area contributed by atoms with E-state index in [-0.39, 0.29) is 30.1 Å². The molecule has 0 aliphatic carbocycles. The molecular formula is C32H38N4O5S. The molecule has 5 rings (SSSR count). The van der Waals surface area contributed by atoms with Gasteiger partial charge in [0.25, 0.3) is 0 Å². The molecule has 222 valence electrons. The molecule has 2 unspecified atom stereocenters. The molecule has 0 amide bonds. The fourth-order valence-corrected chi connectivity index (χ4v) is 7.53. The summed E-state index contributed by atoms with van der Waals surface area (Å²) in [5.74, 6) is -0.362. The Hall–Kier alpha value is -3.76. The van der Waals surface area contributed by atoms with Crippen LogP contribution in [0, 0.1) is 19.3 Å². The summed E-state index contributed by atoms with van der Waals surface area (Å²) >= 11 is 0. The van der Waals surface area contributed by atoms with E-state index in [9.17, 15) is 13.2 Å². The summed E-state index contributed by atoms with van der Waals surface area (Å²) in [6, 6.07) is 16.8. The fraction of sp³-hybridized carbons (Fsp3) is 0.406. The third kappa shape index (κ3) is 5.07. The lowest BCUT2D eigenvalue weighted by Gasteiger charge is -2.34. The van der Waals surface area contributed by atoms with Crippen LogP contribution in [0.2, 0.25) is 0 Å². The van der Waals surface area contributed by atoms with Gasteiger partial charge in [-0.1, -0.05) is 48.5 Å². The van der Waals surface area contributed by atoms with E-state index in [4.69, 9.17) is 9.47 Å². The first-order valence-corrected chi connectivity index (χ1v) is 15.6. The third-order valence-electron chi connectivity index (χ3n) is 8.50. The minimum atomic E-state index is -3.82. The number of sulfonamides is 1. The SMILES string of the molecule is CCC1CN(Cc2cc(C(c3ccc4c(nnn4C)c3C)C(C)(C)C(=O)OC)ccc2C)S(=O)(=O)c2ccccc2O1. The molecule has 1 aliphatic rings. The van der Waals surface area contributed by atoms with Crippen LogP contribution < -0.4 is 4.74 Å². The van der Waals surface area contributed by atoms with Crippen molar-refractivity contribution < 1.29 is 22.7 Å². The standard InChI is InChI=1S/C32H38N4O5S/c1-8-24-19-36(42(38,39)28-12-10-9-11-27(28)41-24)18-23-17-22(14-13-20(23)2)29(32(4,5)31(37)40-7)25-15-16-26-30(21(25)3)33-34-35(26)6/h9-17,24,29H,8,18-19H2,1-7H3. The van der Waals surface area contributed by atoms with E-state index < -0.39 is 21.4 Å². The first kappa shape index (κ1) is 29.7. The lowest BCUT2D eigenvalue weighted by molar-refractivity contribution is -0.151. The van der Waals surface area contributed by atoms with Crippen LogP contribution in [0.15, 0.2) is 59.5 Å². The van der Waals surface area contributed by atoms with Gasteiger partial charge in [-0.05, 0) is 80.1 Å². The summed E-state index contributed by atoms with van der Waals surface area (Å²) in [4.78, 5) is 13.4. The van der Waals surface area contributed by atoms with Gasteiger partial charge in [0.15, 0.2) is 0 Å². The highest BCUT2D eigenvalue weighted by Crippen LogP contribution is 2.45. The molecule has 1 aliphatic heterocycles. The maximum absolute atomic E-state index is 13.9. The average Bonchev–Trinajstić information content (AvgIpc) is 3.30. The van der Waals surface area contributed by atoms with Gasteiger partial charge in [-0.25, -0.2) is 13.1 Å². The van der Waals surface area contributed by atoms with Gasteiger partial charge in [0, 0.05) is 19.5 Å². The first-order valence-electron chi connectivity index (χ1n) is 14.1. The fourth-order valence-electron chi connectivity index (χ4n) is 5.96. The summed E-state index contributed by atoms with van der Waals surface area (Å²) in [5, 5.41) is 8.57. The molecule has 0 saturated heterocycles. The van der Waals surface area contributed by atoms with Gasteiger partial charge >= 0.3 is 5.97 Å². The van der Waals surface area contributed by atoms with Gasteiger partial charge < -0.3 is 9.47 Å². The largest absolute Gasteiger partial charge is 0.488 e. The summed E-state index contributed by atoms with van der Waals surface area (Å²) in [5.41, 5.74) is 5.28. The molecule has 3 aromatic carbocycles. The molecule has 0 bridgehead atoms. The van der Waals surface area contributed by atoms with E-state index in [0.29, 0.717) is 12.2 Å². The molecule has 0 fully saturated rings. The van der Waals surface area contributed by atoms with Crippen molar-refractivity contribution in [3.05, 3.63) is 82.4 Å². The number of fused-ring (bicyclic) bond motifs is 2. The predicted octanol–water partition coefficient (Wildman–Crippen LogP) is 5.28. The molecule has 0 spiro atoms. The first-order chi connectivity index (χ1) is 19.9. The van der Waals surface area contributed by atoms with E-state index in [1.54, 1.807) is 28.9 Å². The maximum atomic E-state index is 13.9. The molecule has 0 saturated carbocycles. The van der Waals surface area contributed by atoms with E-state index in [2.05, 4.69) is 10.3 Å². The van der Waals surface area contributed by atoms with E-state index >= 15 is 0 Å². The second-order valence-electron chi connectivity index (χ2n) is 11.6. The monoisotopic (exact) mass is 590 g/mol. The van der Waals surface area contributed by atoms with Crippen LogP contribution in [0.25, 0.3) is 11.0 Å². The van der Waals surface area contributed by atoms with Gasteiger partial charge in [-0.15, -0.1) is 5.10 Å². The zero-order chi connectivity index (χ0) is 30.4. The summed E-state index contributed by atoms with van der Waals surface area (Å²) in [7, 11) is -0.576. The summed E-state index contributed by atoms with van der Waals surface area (Å²) in [6.07, 6.45) is 0.387. The van der Waals surface area contributed by atoms with Crippen LogP contribution in [0.1, 0.15) is 60.9 Å². The normalized spacial score (nSPS) is 17.7. The number of para-hydroxylation sites is 1. The number of rotatable bonds is 7. The smallest absolute Gasteiger partial charge is 0.312 e. The second-order valence-corrected chi connectivity index (χ2v) is 13.5. The molecule has 2 heterocycles. The lowest BCUT2D eigenvalue weighted by atomic mass is 9.69. The Morgan fingerprint density at radius 3 is 2.60 bits per heavy atom. The van der Waals surface area contributed by atoms with Crippen molar-refractivity contribution >= 4 is 27.0 Å². The van der Waals surface area contributed by atoms with Crippen LogP contribution in [0.4, 0.5) is 0 Å². The van der Waals surface area contributed by atoms with E-state index in [1.165, 1.54) is 11.4 Å². The number of hydrogen-bond acceptors (Lipinski definition) is 7. The molecule has 0 radical (unpaired) electrons. The van der Waals surface area contributed by atoms with E-state index in [0.717, 1.165) is 38.9 Å². The number of hydrogen-bond donors (Lipinski definition) is 0. The van der Waals surface area contributed by atoms with Crippen molar-refractivity contribution in [2.24, 2.45) is 12.5 Å². The van der Waals surface area contributed by atoms with Gasteiger partial charge in [-0.2, -0.15) is 4.31 Å². The van der Waals surface area contributed by atoms with Gasteiger partial charge in [0.05, 0.1) is 24.6 Å². The number of aryl methyl sites for hydroxylation is 3. The Balaban J connectivity index is 1.63. The maximum Gasteiger partial charge on any atom is 0.312 e. The highest BCUT2D eigenvalue weighted by molar-refractivity contribution is 7.89. The number of nitrogens with zero attached hydrogens (tertiary/aromatic N) is 4. The number of methoxy groups -OCH3 is 1. The van der Waals surface area contributed by atoms with Crippen LogP contribution >= 0.6 is 0 Å². The van der Waals surface area contributed by atoms with Crippen molar-refractivity contribution in [1.82, 2.24) is 19.3 Å². The number of benzene rings is 3. The third-order valence-corrected chi connectivity index (χ3v) is 10.4. The Morgan fingerprint density at radius 1 is 1.14 bits per heavy atom. The van der Waals surface area contributed by atoms with Crippen LogP contribution in [0.3, 0.4) is 0 Å². The van der Waals surface area contributed by atoms with Gasteiger partial charge in [0.2, 0.25) is 10.0 Å². The van der Waals surface area contributed by atoms with Crippen LogP contribution in [0.5, 0.6) is 5.75 Å². The highest BCUT2D eigenvalue weighted by atomic mass is 32.2. The number of carbonyl (C=O) groups is 1. The zero-order valence-electron chi connectivity index (χ0n) is 25.2. The highest BCUT2D eigenvalue weighted by Gasteiger charge is 2.41. The molecule has 0 N–H and O–H groups in total. The number of esters is 1. The van der Waals surface area contributed by atoms with Crippen molar-refractivity contribution in [3.8, 4) is 5.75 Å². The van der Waals surface area contributed by atoms with Crippen LogP contribution in [-0.4, -0.2) is 53.4 Å². The molecule has 4 aromatic rings. The number of aromatic nitrogens is 3. The van der Waals surface area contributed by atoms with E-state index in [1.807, 2.05) is 72.0 Å². The lowest BCUT2D eigenvalue weighted by Crippen LogP contribution is -2.37. The minimum Gasteiger partial charge on any atom is -0.488 e. The molecular weight excluding hydrogens is 552 g/mol. The minimum absolute atomic E-state index is 0.170. The zero-order valence-corrected chi connectivity index (χ0v) is 26.0. The second kappa shape index (κ2) is 11.1. The number of ether oxygens (including phenoxy) is 2. The number of carbonyl (C=O) groups excluding carboxylic acids is 1. The molecule has 1 aromatic heterocycles. The Kier molecular flexibility index (Phi) is 7.89. The summed E-state index contributed by atoms with van der Waals surface area (Å²) < 4.78 is 42.4. The topological polar surface area (TPSA) is 104 Å². The predicted molar refractivity (Wildman–Crippen MR) is 161 cm³/mol. The molecule has 42 heavy (non-hydrogen) atoms. The Labute approximate surface area is 247 Å². The quantitative estimate of drug-likeness (QED) is 0.270. The summed E-state index contributed by atoms with van der Waals surface area (Å²) in [6.45, 7) is 10.1. The molecule has 2 atom stereocenters. The Bertz CT molecular complexity index is 1760. The molecule has 9 nitrogen and oxygen atoms in total. The van der Waals surface area contributed by atoms with Crippen molar-refractivity contribution in [1.29, 1.82) is 0 Å². The van der Waals surface area contributed by atoms with Crippen molar-refractivity contribution in [2.45, 2.75) is 64.5 Å². The van der Waals surface area contributed by atoms with Crippen LogP contribution in [-0.2, 0) is 33.1 Å². The van der Waals surface area contributed by atoms with Crippen molar-refractivity contribution in [3.63, 3.8) is 0 Å². The average molecular weight is 591 g/mol. The Morgan fingerprint density at radius 2 is 1.88 bits per heavy atom. The van der Waals surface area contributed by atoms with Gasteiger partial charge in [-0.3, -0.25) is 4.79 Å². The molecule has 10 heteroatoms.